The molecule has 0 aliphatic rings. The summed E-state index contributed by atoms with van der Waals surface area (Å²) < 4.78 is 11.2. The predicted octanol–water partition coefficient (Wildman–Crippen LogP) is 5.74. The monoisotopic (exact) mass is 347 g/mol. The topological polar surface area (TPSA) is 21.7 Å². The van der Waals surface area contributed by atoms with Gasteiger partial charge in [-0.25, -0.2) is 0 Å². The molecule has 3 aromatic carbocycles. The molecule has 0 fully saturated rings. The van der Waals surface area contributed by atoms with E-state index in [1.807, 2.05) is 37.3 Å². The minimum atomic E-state index is 0.107. The van der Waals surface area contributed by atoms with Gasteiger partial charge in [-0.3, -0.25) is 0 Å². The van der Waals surface area contributed by atoms with Crippen LogP contribution < -0.4 is 9.64 Å². The van der Waals surface area contributed by atoms with Crippen LogP contribution in [0.4, 0.5) is 11.4 Å². The Balaban J connectivity index is 1.64. The summed E-state index contributed by atoms with van der Waals surface area (Å²) in [6.45, 7) is 2.63. The van der Waals surface area contributed by atoms with Crippen molar-refractivity contribution >= 4 is 11.4 Å². The minimum Gasteiger partial charge on any atom is -0.489 e. The molecule has 3 nitrogen and oxygen atoms in total. The van der Waals surface area contributed by atoms with Gasteiger partial charge in [0.1, 0.15) is 12.4 Å². The lowest BCUT2D eigenvalue weighted by Crippen LogP contribution is -2.09. The van der Waals surface area contributed by atoms with E-state index in [1.54, 1.807) is 7.11 Å². The highest BCUT2D eigenvalue weighted by Crippen LogP contribution is 2.27. The van der Waals surface area contributed by atoms with Crippen molar-refractivity contribution in [2.45, 2.75) is 19.6 Å². The fraction of sp³-hybridized carbons (Fsp3) is 0.217. The number of benzene rings is 3. The Kier molecular flexibility index (Phi) is 5.92. The van der Waals surface area contributed by atoms with Crippen molar-refractivity contribution in [3.05, 3.63) is 90.0 Å². The van der Waals surface area contributed by atoms with Crippen LogP contribution in [0.1, 0.15) is 24.2 Å². The molecule has 0 aliphatic heterocycles. The standard InChI is InChI=1S/C23H25NO2/c1-18(25-3)20-9-11-21(12-10-20)24(2)22-13-15-23(16-14-22)26-17-19-7-5-4-6-8-19/h4-16,18H,17H2,1-3H3. The predicted molar refractivity (Wildman–Crippen MR) is 107 cm³/mol. The van der Waals surface area contributed by atoms with Gasteiger partial charge < -0.3 is 14.4 Å². The van der Waals surface area contributed by atoms with Crippen LogP contribution in [0.15, 0.2) is 78.9 Å². The zero-order valence-electron chi connectivity index (χ0n) is 15.6. The summed E-state index contributed by atoms with van der Waals surface area (Å²) in [6, 6.07) is 26.8. The molecule has 134 valence electrons. The van der Waals surface area contributed by atoms with E-state index >= 15 is 0 Å². The zero-order valence-corrected chi connectivity index (χ0v) is 15.6. The number of methoxy groups -OCH3 is 1. The van der Waals surface area contributed by atoms with Crippen LogP contribution >= 0.6 is 0 Å². The van der Waals surface area contributed by atoms with Gasteiger partial charge in [0.25, 0.3) is 0 Å². The molecule has 1 atom stereocenters. The van der Waals surface area contributed by atoms with Gasteiger partial charge in [-0.15, -0.1) is 0 Å². The lowest BCUT2D eigenvalue weighted by atomic mass is 10.1. The average Bonchev–Trinajstić information content (AvgIpc) is 2.72. The second-order valence-corrected chi connectivity index (χ2v) is 6.30. The summed E-state index contributed by atoms with van der Waals surface area (Å²) in [5, 5.41) is 0. The van der Waals surface area contributed by atoms with Gasteiger partial charge in [-0.2, -0.15) is 0 Å². The van der Waals surface area contributed by atoms with Gasteiger partial charge in [0.05, 0.1) is 6.10 Å². The van der Waals surface area contributed by atoms with Crippen molar-refractivity contribution in [3.63, 3.8) is 0 Å². The number of hydrogen-bond donors (Lipinski definition) is 0. The summed E-state index contributed by atoms with van der Waals surface area (Å²) in [4.78, 5) is 2.15. The molecule has 0 saturated heterocycles. The van der Waals surface area contributed by atoms with Crippen molar-refractivity contribution in [3.8, 4) is 5.75 Å². The Morgan fingerprint density at radius 2 is 1.38 bits per heavy atom. The fourth-order valence-electron chi connectivity index (χ4n) is 2.76. The van der Waals surface area contributed by atoms with Crippen LogP contribution in [0.25, 0.3) is 0 Å². The molecular weight excluding hydrogens is 322 g/mol. The fourth-order valence-corrected chi connectivity index (χ4v) is 2.76. The summed E-state index contributed by atoms with van der Waals surface area (Å²) in [7, 11) is 3.79. The van der Waals surface area contributed by atoms with Crippen molar-refractivity contribution in [1.29, 1.82) is 0 Å². The zero-order chi connectivity index (χ0) is 18.4. The van der Waals surface area contributed by atoms with Crippen LogP contribution in [-0.4, -0.2) is 14.2 Å². The first-order valence-electron chi connectivity index (χ1n) is 8.80. The number of nitrogens with zero attached hydrogens (tertiary/aromatic N) is 1. The summed E-state index contributed by atoms with van der Waals surface area (Å²) in [5.74, 6) is 0.871. The van der Waals surface area contributed by atoms with Gasteiger partial charge >= 0.3 is 0 Å². The van der Waals surface area contributed by atoms with E-state index in [9.17, 15) is 0 Å². The molecule has 0 heterocycles. The first-order chi connectivity index (χ1) is 12.7. The van der Waals surface area contributed by atoms with E-state index in [2.05, 4.69) is 60.5 Å². The van der Waals surface area contributed by atoms with E-state index in [4.69, 9.17) is 9.47 Å². The maximum Gasteiger partial charge on any atom is 0.119 e. The minimum absolute atomic E-state index is 0.107. The Hall–Kier alpha value is -2.78. The third-order valence-corrected chi connectivity index (χ3v) is 4.58. The van der Waals surface area contributed by atoms with E-state index in [0.29, 0.717) is 6.61 Å². The molecule has 0 amide bonds. The molecular formula is C23H25NO2. The van der Waals surface area contributed by atoms with Crippen molar-refractivity contribution in [2.75, 3.05) is 19.1 Å². The molecule has 0 radical (unpaired) electrons. The molecule has 26 heavy (non-hydrogen) atoms. The number of ether oxygens (including phenoxy) is 2. The molecule has 3 heteroatoms. The molecule has 3 aromatic rings. The van der Waals surface area contributed by atoms with Crippen molar-refractivity contribution < 1.29 is 9.47 Å². The Bertz CT molecular complexity index is 798. The molecule has 0 saturated carbocycles. The normalized spacial score (nSPS) is 11.8. The SMILES string of the molecule is COC(C)c1ccc(N(C)c2ccc(OCc3ccccc3)cc2)cc1. The highest BCUT2D eigenvalue weighted by atomic mass is 16.5. The first-order valence-corrected chi connectivity index (χ1v) is 8.80. The Labute approximate surface area is 155 Å². The van der Waals surface area contributed by atoms with Crippen LogP contribution in [-0.2, 0) is 11.3 Å². The quantitative estimate of drug-likeness (QED) is 0.544. The summed E-state index contributed by atoms with van der Waals surface area (Å²) >= 11 is 0. The number of rotatable bonds is 7. The largest absolute Gasteiger partial charge is 0.489 e. The maximum absolute atomic E-state index is 5.85. The van der Waals surface area contributed by atoms with Gasteiger partial charge in [0.2, 0.25) is 0 Å². The van der Waals surface area contributed by atoms with Crippen LogP contribution in [0.5, 0.6) is 5.75 Å². The molecule has 0 aliphatic carbocycles. The Morgan fingerprint density at radius 1 is 0.808 bits per heavy atom. The number of anilines is 2. The summed E-state index contributed by atoms with van der Waals surface area (Å²) in [5.41, 5.74) is 4.59. The average molecular weight is 347 g/mol. The highest BCUT2D eigenvalue weighted by molar-refractivity contribution is 5.63. The van der Waals surface area contributed by atoms with Crippen molar-refractivity contribution in [2.24, 2.45) is 0 Å². The Morgan fingerprint density at radius 3 is 1.96 bits per heavy atom. The van der Waals surface area contributed by atoms with Crippen molar-refractivity contribution in [1.82, 2.24) is 0 Å². The molecule has 0 spiro atoms. The maximum atomic E-state index is 5.85. The molecule has 0 bridgehead atoms. The van der Waals surface area contributed by atoms with Crippen LogP contribution in [0.3, 0.4) is 0 Å². The van der Waals surface area contributed by atoms with Crippen LogP contribution in [0, 0.1) is 0 Å². The number of hydrogen-bond acceptors (Lipinski definition) is 3. The van der Waals surface area contributed by atoms with E-state index in [1.165, 1.54) is 11.1 Å². The van der Waals surface area contributed by atoms with E-state index < -0.39 is 0 Å². The third kappa shape index (κ3) is 4.44. The first kappa shape index (κ1) is 18.0. The van der Waals surface area contributed by atoms with Crippen LogP contribution in [0.2, 0.25) is 0 Å². The lowest BCUT2D eigenvalue weighted by Gasteiger charge is -2.21. The van der Waals surface area contributed by atoms with Gasteiger partial charge in [-0.05, 0) is 54.4 Å². The smallest absolute Gasteiger partial charge is 0.119 e. The summed E-state index contributed by atoms with van der Waals surface area (Å²) in [6.07, 6.45) is 0.107. The third-order valence-electron chi connectivity index (χ3n) is 4.58. The highest BCUT2D eigenvalue weighted by Gasteiger charge is 2.07. The molecule has 0 aromatic heterocycles. The van der Waals surface area contributed by atoms with E-state index in [-0.39, 0.29) is 6.10 Å². The second-order valence-electron chi connectivity index (χ2n) is 6.30. The molecule has 1 unspecified atom stereocenters. The lowest BCUT2D eigenvalue weighted by molar-refractivity contribution is 0.119. The van der Waals surface area contributed by atoms with Gasteiger partial charge in [0, 0.05) is 25.5 Å². The van der Waals surface area contributed by atoms with Gasteiger partial charge in [-0.1, -0.05) is 42.5 Å². The molecule has 0 N–H and O–H groups in total. The second kappa shape index (κ2) is 8.54. The van der Waals surface area contributed by atoms with Gasteiger partial charge in [0.15, 0.2) is 0 Å². The molecule has 3 rings (SSSR count). The van der Waals surface area contributed by atoms with E-state index in [0.717, 1.165) is 17.1 Å².